The molecule has 0 spiro atoms. The maximum atomic E-state index is 8.90. The Labute approximate surface area is 107 Å². The molecule has 0 amide bonds. The average molecular weight is 236 g/mol. The van der Waals surface area contributed by atoms with E-state index < -0.39 is 0 Å². The maximum absolute atomic E-state index is 8.90. The van der Waals surface area contributed by atoms with Gasteiger partial charge in [0.05, 0.1) is 11.5 Å². The molecule has 0 aromatic heterocycles. The molecule has 0 saturated heterocycles. The van der Waals surface area contributed by atoms with E-state index in [9.17, 15) is 0 Å². The van der Waals surface area contributed by atoms with Gasteiger partial charge in [0.1, 0.15) is 0 Å². The first-order valence-electron chi connectivity index (χ1n) is 7.17. The zero-order valence-electron chi connectivity index (χ0n) is 11.8. The normalized spacial score (nSPS) is 24.8. The molecule has 2 atom stereocenters. The summed E-state index contributed by atoms with van der Waals surface area (Å²) in [6.45, 7) is 8.75. The van der Waals surface area contributed by atoms with E-state index in [-0.39, 0.29) is 5.41 Å². The van der Waals surface area contributed by atoms with E-state index in [0.717, 1.165) is 31.2 Å². The maximum Gasteiger partial charge on any atom is 0.0683 e. The number of nitrogens with zero attached hydrogens (tertiary/aromatic N) is 1. The van der Waals surface area contributed by atoms with Crippen LogP contribution in [0.25, 0.3) is 0 Å². The van der Waals surface area contributed by atoms with Crippen LogP contribution < -0.4 is 5.32 Å². The van der Waals surface area contributed by atoms with Gasteiger partial charge >= 0.3 is 0 Å². The number of hydrogen-bond donors (Lipinski definition) is 1. The number of rotatable bonds is 7. The first-order valence-corrected chi connectivity index (χ1v) is 7.17. The quantitative estimate of drug-likeness (QED) is 0.684. The summed E-state index contributed by atoms with van der Waals surface area (Å²) in [5.41, 5.74) is -0.139. The van der Waals surface area contributed by atoms with Gasteiger partial charge < -0.3 is 5.32 Å². The predicted molar refractivity (Wildman–Crippen MR) is 72.6 cm³/mol. The van der Waals surface area contributed by atoms with Crippen LogP contribution in [0.1, 0.15) is 59.3 Å². The molecule has 0 heterocycles. The van der Waals surface area contributed by atoms with Gasteiger partial charge in [0.2, 0.25) is 0 Å². The summed E-state index contributed by atoms with van der Waals surface area (Å²) in [5, 5.41) is 12.5. The van der Waals surface area contributed by atoms with E-state index in [2.05, 4.69) is 18.3 Å². The van der Waals surface area contributed by atoms with Crippen LogP contribution in [-0.2, 0) is 0 Å². The van der Waals surface area contributed by atoms with E-state index in [0.29, 0.717) is 0 Å². The predicted octanol–water partition coefficient (Wildman–Crippen LogP) is 3.73. The fourth-order valence-electron chi connectivity index (χ4n) is 2.69. The van der Waals surface area contributed by atoms with Crippen LogP contribution in [0.5, 0.6) is 0 Å². The molecular weight excluding hydrogens is 208 g/mol. The Morgan fingerprint density at radius 2 is 2.06 bits per heavy atom. The average Bonchev–Trinajstić information content (AvgIpc) is 2.69. The van der Waals surface area contributed by atoms with Gasteiger partial charge in [-0.1, -0.05) is 26.2 Å². The number of unbranched alkanes of at least 4 members (excludes halogenated alkanes) is 1. The Balaban J connectivity index is 1.96. The van der Waals surface area contributed by atoms with Crippen LogP contribution in [0.4, 0.5) is 0 Å². The Kier molecular flexibility index (Phi) is 5.98. The first-order chi connectivity index (χ1) is 8.05. The van der Waals surface area contributed by atoms with Gasteiger partial charge in [0, 0.05) is 0 Å². The second-order valence-electron chi connectivity index (χ2n) is 6.33. The van der Waals surface area contributed by atoms with Crippen molar-refractivity contribution in [1.29, 1.82) is 5.26 Å². The van der Waals surface area contributed by atoms with Gasteiger partial charge in [-0.15, -0.1) is 0 Å². The number of nitrogens with one attached hydrogen (secondary N) is 1. The molecular formula is C15H28N2. The minimum absolute atomic E-state index is 0.139. The van der Waals surface area contributed by atoms with Crippen LogP contribution in [0.15, 0.2) is 0 Å². The minimum Gasteiger partial charge on any atom is -0.316 e. The smallest absolute Gasteiger partial charge is 0.0683 e. The summed E-state index contributed by atoms with van der Waals surface area (Å²) in [4.78, 5) is 0. The topological polar surface area (TPSA) is 35.8 Å². The highest BCUT2D eigenvalue weighted by Gasteiger charge is 2.22. The molecule has 2 nitrogen and oxygen atoms in total. The van der Waals surface area contributed by atoms with Gasteiger partial charge in [-0.05, 0) is 58.0 Å². The second-order valence-corrected chi connectivity index (χ2v) is 6.33. The lowest BCUT2D eigenvalue weighted by Crippen LogP contribution is -2.25. The molecule has 2 unspecified atom stereocenters. The van der Waals surface area contributed by atoms with Gasteiger partial charge in [-0.3, -0.25) is 0 Å². The Bertz CT molecular complexity index is 252. The molecule has 1 saturated carbocycles. The zero-order valence-corrected chi connectivity index (χ0v) is 11.8. The Morgan fingerprint density at radius 3 is 2.65 bits per heavy atom. The van der Waals surface area contributed by atoms with Gasteiger partial charge in [0.15, 0.2) is 0 Å². The SMILES string of the molecule is CC1CCCC1CNCCCCC(C)(C)C#N. The molecule has 1 aliphatic rings. The lowest BCUT2D eigenvalue weighted by Gasteiger charge is -2.17. The highest BCUT2D eigenvalue weighted by Crippen LogP contribution is 2.30. The molecule has 1 N–H and O–H groups in total. The van der Waals surface area contributed by atoms with Crippen molar-refractivity contribution in [2.45, 2.75) is 59.3 Å². The summed E-state index contributed by atoms with van der Waals surface area (Å²) in [6.07, 6.45) is 7.63. The lowest BCUT2D eigenvalue weighted by atomic mass is 9.89. The highest BCUT2D eigenvalue weighted by atomic mass is 14.9. The van der Waals surface area contributed by atoms with Gasteiger partial charge in [0.25, 0.3) is 0 Å². The molecule has 1 rings (SSSR count). The van der Waals surface area contributed by atoms with Crippen LogP contribution >= 0.6 is 0 Å². The van der Waals surface area contributed by atoms with Crippen molar-refractivity contribution in [3.63, 3.8) is 0 Å². The summed E-state index contributed by atoms with van der Waals surface area (Å²) >= 11 is 0. The van der Waals surface area contributed by atoms with Crippen molar-refractivity contribution < 1.29 is 0 Å². The van der Waals surface area contributed by atoms with Crippen molar-refractivity contribution >= 4 is 0 Å². The Hall–Kier alpha value is -0.550. The molecule has 1 aliphatic carbocycles. The van der Waals surface area contributed by atoms with Gasteiger partial charge in [-0.2, -0.15) is 5.26 Å². The third-order valence-corrected chi connectivity index (χ3v) is 4.15. The molecule has 98 valence electrons. The summed E-state index contributed by atoms with van der Waals surface area (Å²) in [6, 6.07) is 2.36. The van der Waals surface area contributed by atoms with Gasteiger partial charge in [-0.25, -0.2) is 0 Å². The standard InChI is InChI=1S/C15H28N2/c1-13-7-6-8-14(13)11-17-10-5-4-9-15(2,3)12-16/h13-14,17H,4-11H2,1-3H3. The molecule has 0 radical (unpaired) electrons. The molecule has 0 bridgehead atoms. The molecule has 1 fully saturated rings. The van der Waals surface area contributed by atoms with Crippen molar-refractivity contribution in [2.75, 3.05) is 13.1 Å². The van der Waals surface area contributed by atoms with Crippen LogP contribution in [-0.4, -0.2) is 13.1 Å². The lowest BCUT2D eigenvalue weighted by molar-refractivity contribution is 0.382. The van der Waals surface area contributed by atoms with E-state index in [4.69, 9.17) is 5.26 Å². The fraction of sp³-hybridized carbons (Fsp3) is 0.933. The molecule has 2 heteroatoms. The fourth-order valence-corrected chi connectivity index (χ4v) is 2.69. The molecule has 0 aromatic carbocycles. The number of hydrogen-bond acceptors (Lipinski definition) is 2. The monoisotopic (exact) mass is 236 g/mol. The van der Waals surface area contributed by atoms with Crippen molar-refractivity contribution in [3.8, 4) is 6.07 Å². The third-order valence-electron chi connectivity index (χ3n) is 4.15. The summed E-state index contributed by atoms with van der Waals surface area (Å²) in [5.74, 6) is 1.82. The largest absolute Gasteiger partial charge is 0.316 e. The molecule has 0 aromatic rings. The summed E-state index contributed by atoms with van der Waals surface area (Å²) < 4.78 is 0. The third kappa shape index (κ3) is 5.55. The molecule has 0 aliphatic heterocycles. The Morgan fingerprint density at radius 1 is 1.29 bits per heavy atom. The van der Waals surface area contributed by atoms with Crippen molar-refractivity contribution in [2.24, 2.45) is 17.3 Å². The van der Waals surface area contributed by atoms with E-state index in [1.54, 1.807) is 0 Å². The van der Waals surface area contributed by atoms with Crippen molar-refractivity contribution in [1.82, 2.24) is 5.32 Å². The van der Waals surface area contributed by atoms with Crippen molar-refractivity contribution in [3.05, 3.63) is 0 Å². The minimum atomic E-state index is -0.139. The van der Waals surface area contributed by atoms with E-state index >= 15 is 0 Å². The second kappa shape index (κ2) is 7.01. The van der Waals surface area contributed by atoms with Crippen LogP contribution in [0, 0.1) is 28.6 Å². The highest BCUT2D eigenvalue weighted by molar-refractivity contribution is 4.91. The van der Waals surface area contributed by atoms with Crippen LogP contribution in [0.2, 0.25) is 0 Å². The van der Waals surface area contributed by atoms with E-state index in [1.165, 1.54) is 32.2 Å². The number of nitriles is 1. The van der Waals surface area contributed by atoms with E-state index in [1.807, 2.05) is 13.8 Å². The first kappa shape index (κ1) is 14.5. The van der Waals surface area contributed by atoms with Crippen LogP contribution in [0.3, 0.4) is 0 Å². The molecule has 17 heavy (non-hydrogen) atoms. The summed E-state index contributed by atoms with van der Waals surface area (Å²) in [7, 11) is 0. The zero-order chi connectivity index (χ0) is 12.7.